The number of rotatable bonds is 3. The highest BCUT2D eigenvalue weighted by Crippen LogP contribution is 1.77. The molecule has 0 rings (SSSR count). The van der Waals surface area contributed by atoms with Gasteiger partial charge in [-0.2, -0.15) is 5.10 Å². The number of hydrazone groups is 1. The molecule has 2 heteroatoms. The SMILES string of the molecule is CC/C=C\C=N/N(C)C. The maximum Gasteiger partial charge on any atom is 0.0467 e. The molecule has 0 aliphatic rings. The van der Waals surface area contributed by atoms with Gasteiger partial charge in [0.2, 0.25) is 0 Å². The third kappa shape index (κ3) is 7.21. The Morgan fingerprint density at radius 2 is 2.11 bits per heavy atom. The molecule has 0 atom stereocenters. The lowest BCUT2D eigenvalue weighted by atomic mass is 10.4. The summed E-state index contributed by atoms with van der Waals surface area (Å²) in [7, 11) is 3.80. The van der Waals surface area contributed by atoms with Crippen molar-refractivity contribution in [2.45, 2.75) is 13.3 Å². The van der Waals surface area contributed by atoms with Crippen LogP contribution in [0.4, 0.5) is 0 Å². The van der Waals surface area contributed by atoms with Gasteiger partial charge in [0.1, 0.15) is 0 Å². The number of allylic oxidation sites excluding steroid dienone is 2. The maximum atomic E-state index is 3.98. The summed E-state index contributed by atoms with van der Waals surface area (Å²) in [4.78, 5) is 0. The number of hydrogen-bond acceptors (Lipinski definition) is 2. The fourth-order valence-corrected chi connectivity index (χ4v) is 0.369. The maximum absolute atomic E-state index is 3.98. The molecule has 52 valence electrons. The molecule has 0 aromatic carbocycles. The minimum absolute atomic E-state index is 1.07. The lowest BCUT2D eigenvalue weighted by Gasteiger charge is -1.99. The van der Waals surface area contributed by atoms with Gasteiger partial charge in [0.25, 0.3) is 0 Å². The van der Waals surface area contributed by atoms with Crippen LogP contribution in [-0.4, -0.2) is 25.3 Å². The van der Waals surface area contributed by atoms with E-state index in [0.717, 1.165) is 6.42 Å². The summed E-state index contributed by atoms with van der Waals surface area (Å²) in [5, 5.41) is 5.75. The second-order valence-electron chi connectivity index (χ2n) is 1.95. The third-order valence-electron chi connectivity index (χ3n) is 0.755. The zero-order chi connectivity index (χ0) is 7.11. The topological polar surface area (TPSA) is 15.6 Å². The van der Waals surface area contributed by atoms with Crippen molar-refractivity contribution >= 4 is 6.21 Å². The summed E-state index contributed by atoms with van der Waals surface area (Å²) in [5.41, 5.74) is 0. The molecule has 0 aromatic heterocycles. The van der Waals surface area contributed by atoms with Crippen LogP contribution in [0.2, 0.25) is 0 Å². The molecule has 0 amide bonds. The first-order chi connectivity index (χ1) is 4.27. The zero-order valence-corrected chi connectivity index (χ0v) is 6.33. The molecule has 0 bridgehead atoms. The van der Waals surface area contributed by atoms with Gasteiger partial charge in [0.05, 0.1) is 0 Å². The van der Waals surface area contributed by atoms with E-state index >= 15 is 0 Å². The minimum atomic E-state index is 1.07. The average Bonchev–Trinajstić information content (AvgIpc) is 1.80. The number of hydrogen-bond donors (Lipinski definition) is 0. The first-order valence-corrected chi connectivity index (χ1v) is 3.13. The van der Waals surface area contributed by atoms with Gasteiger partial charge in [-0.3, -0.25) is 0 Å². The summed E-state index contributed by atoms with van der Waals surface area (Å²) in [6, 6.07) is 0. The Bertz CT molecular complexity index is 103. The molecule has 9 heavy (non-hydrogen) atoms. The summed E-state index contributed by atoms with van der Waals surface area (Å²) in [5.74, 6) is 0. The van der Waals surface area contributed by atoms with Crippen LogP contribution in [-0.2, 0) is 0 Å². The Morgan fingerprint density at radius 3 is 2.56 bits per heavy atom. The Balaban J connectivity index is 3.35. The van der Waals surface area contributed by atoms with Gasteiger partial charge < -0.3 is 5.01 Å². The first-order valence-electron chi connectivity index (χ1n) is 3.13. The second-order valence-corrected chi connectivity index (χ2v) is 1.95. The van der Waals surface area contributed by atoms with Gasteiger partial charge in [-0.15, -0.1) is 0 Å². The molecule has 0 heterocycles. The molecular formula is C7H14N2. The molecule has 0 aromatic rings. The molecule has 0 fully saturated rings. The van der Waals surface area contributed by atoms with Crippen molar-refractivity contribution in [3.63, 3.8) is 0 Å². The van der Waals surface area contributed by atoms with Crippen molar-refractivity contribution in [3.05, 3.63) is 12.2 Å². The average molecular weight is 126 g/mol. The van der Waals surface area contributed by atoms with Crippen LogP contribution in [0.15, 0.2) is 17.3 Å². The van der Waals surface area contributed by atoms with E-state index in [1.807, 2.05) is 20.2 Å². The van der Waals surface area contributed by atoms with E-state index in [1.54, 1.807) is 11.2 Å². The van der Waals surface area contributed by atoms with Gasteiger partial charge in [-0.05, 0) is 12.5 Å². The predicted molar refractivity (Wildman–Crippen MR) is 41.6 cm³/mol. The van der Waals surface area contributed by atoms with E-state index in [9.17, 15) is 0 Å². The van der Waals surface area contributed by atoms with Crippen LogP contribution in [0.5, 0.6) is 0 Å². The summed E-state index contributed by atoms with van der Waals surface area (Å²) >= 11 is 0. The van der Waals surface area contributed by atoms with E-state index in [2.05, 4.69) is 18.1 Å². The molecule has 0 aliphatic heterocycles. The van der Waals surface area contributed by atoms with Crippen LogP contribution < -0.4 is 0 Å². The highest BCUT2D eigenvalue weighted by Gasteiger charge is 1.70. The van der Waals surface area contributed by atoms with Crippen LogP contribution in [0.3, 0.4) is 0 Å². The highest BCUT2D eigenvalue weighted by atomic mass is 15.4. The van der Waals surface area contributed by atoms with E-state index in [4.69, 9.17) is 0 Å². The Hall–Kier alpha value is -0.790. The summed E-state index contributed by atoms with van der Waals surface area (Å²) in [6.45, 7) is 2.10. The van der Waals surface area contributed by atoms with Crippen LogP contribution in [0.1, 0.15) is 13.3 Å². The lowest BCUT2D eigenvalue weighted by Crippen LogP contribution is -2.00. The quantitative estimate of drug-likeness (QED) is 0.413. The van der Waals surface area contributed by atoms with Gasteiger partial charge in [-0.1, -0.05) is 13.0 Å². The Morgan fingerprint density at radius 1 is 1.44 bits per heavy atom. The van der Waals surface area contributed by atoms with Crippen molar-refractivity contribution in [1.82, 2.24) is 5.01 Å². The van der Waals surface area contributed by atoms with Crippen molar-refractivity contribution in [1.29, 1.82) is 0 Å². The molecule has 0 aliphatic carbocycles. The predicted octanol–water partition coefficient (Wildman–Crippen LogP) is 1.50. The van der Waals surface area contributed by atoms with Crippen molar-refractivity contribution in [2.24, 2.45) is 5.10 Å². The van der Waals surface area contributed by atoms with Crippen molar-refractivity contribution in [2.75, 3.05) is 14.1 Å². The zero-order valence-electron chi connectivity index (χ0n) is 6.33. The second kappa shape index (κ2) is 5.35. The molecule has 2 nitrogen and oxygen atoms in total. The fourth-order valence-electron chi connectivity index (χ4n) is 0.369. The summed E-state index contributed by atoms with van der Waals surface area (Å²) < 4.78 is 0. The molecule has 0 saturated heterocycles. The Labute approximate surface area is 56.9 Å². The third-order valence-corrected chi connectivity index (χ3v) is 0.755. The molecule has 0 N–H and O–H groups in total. The monoisotopic (exact) mass is 126 g/mol. The van der Waals surface area contributed by atoms with Gasteiger partial charge in [0.15, 0.2) is 0 Å². The smallest absolute Gasteiger partial charge is 0.0467 e. The minimum Gasteiger partial charge on any atom is -0.303 e. The molecule has 0 radical (unpaired) electrons. The normalized spacial score (nSPS) is 11.4. The molecular weight excluding hydrogens is 112 g/mol. The van der Waals surface area contributed by atoms with Crippen LogP contribution in [0.25, 0.3) is 0 Å². The Kier molecular flexibility index (Phi) is 4.88. The van der Waals surface area contributed by atoms with E-state index in [-0.39, 0.29) is 0 Å². The van der Waals surface area contributed by atoms with Gasteiger partial charge in [-0.25, -0.2) is 0 Å². The van der Waals surface area contributed by atoms with E-state index < -0.39 is 0 Å². The van der Waals surface area contributed by atoms with Gasteiger partial charge in [0, 0.05) is 20.3 Å². The van der Waals surface area contributed by atoms with Gasteiger partial charge >= 0.3 is 0 Å². The van der Waals surface area contributed by atoms with Crippen LogP contribution >= 0.6 is 0 Å². The molecule has 0 saturated carbocycles. The highest BCUT2D eigenvalue weighted by molar-refractivity contribution is 5.70. The lowest BCUT2D eigenvalue weighted by molar-refractivity contribution is 0.440. The molecule has 0 unspecified atom stereocenters. The fraction of sp³-hybridized carbons (Fsp3) is 0.571. The van der Waals surface area contributed by atoms with E-state index in [0.29, 0.717) is 0 Å². The largest absolute Gasteiger partial charge is 0.303 e. The standard InChI is InChI=1S/C7H14N2/c1-4-5-6-7-8-9(2)3/h5-7H,4H2,1-3H3/b6-5-,8-7-. The van der Waals surface area contributed by atoms with Crippen molar-refractivity contribution in [3.8, 4) is 0 Å². The summed E-state index contributed by atoms with van der Waals surface area (Å²) in [6.07, 6.45) is 6.86. The van der Waals surface area contributed by atoms with E-state index in [1.165, 1.54) is 0 Å². The van der Waals surface area contributed by atoms with Crippen molar-refractivity contribution < 1.29 is 0 Å². The molecule has 0 spiro atoms. The number of nitrogens with zero attached hydrogens (tertiary/aromatic N) is 2. The first kappa shape index (κ1) is 8.21. The van der Waals surface area contributed by atoms with Crippen LogP contribution in [0, 0.1) is 0 Å².